The Bertz CT molecular complexity index is 554. The predicted molar refractivity (Wildman–Crippen MR) is 81.0 cm³/mol. The zero-order valence-electron chi connectivity index (χ0n) is 11.2. The van der Waals surface area contributed by atoms with Crippen LogP contribution in [0.1, 0.15) is 30.2 Å². The smallest absolute Gasteiger partial charge is 0.117 e. The molecule has 1 atom stereocenters. The van der Waals surface area contributed by atoms with Crippen LogP contribution in [-0.4, -0.2) is 22.5 Å². The van der Waals surface area contributed by atoms with Crippen LogP contribution in [0.5, 0.6) is 0 Å². The molecular weight excluding hydrogens is 318 g/mol. The Labute approximate surface area is 127 Å². The number of nitrogens with two attached hydrogens (primary N) is 1. The van der Waals surface area contributed by atoms with Gasteiger partial charge in [0.05, 0.1) is 12.8 Å². The highest BCUT2D eigenvalue weighted by molar-refractivity contribution is 9.10. The third-order valence-electron chi connectivity index (χ3n) is 3.67. The standard InChI is InChI=1S/C15H18BrN3O/c16-12-6-11(8-18-9-12)15(7-17)19(13-3-4-13)10-14-2-1-5-20-14/h1-2,5-6,8-9,13,15H,3-4,7,10,17H2. The van der Waals surface area contributed by atoms with E-state index in [-0.39, 0.29) is 6.04 Å². The number of rotatable bonds is 6. The summed E-state index contributed by atoms with van der Waals surface area (Å²) in [5.41, 5.74) is 7.19. The van der Waals surface area contributed by atoms with E-state index in [2.05, 4.69) is 31.9 Å². The van der Waals surface area contributed by atoms with Crippen LogP contribution in [-0.2, 0) is 6.54 Å². The second-order valence-corrected chi connectivity index (χ2v) is 6.09. The van der Waals surface area contributed by atoms with Gasteiger partial charge in [0.2, 0.25) is 0 Å². The molecule has 2 N–H and O–H groups in total. The molecule has 1 saturated carbocycles. The summed E-state index contributed by atoms with van der Waals surface area (Å²) in [4.78, 5) is 6.69. The molecule has 2 aromatic rings. The number of hydrogen-bond acceptors (Lipinski definition) is 4. The first-order chi connectivity index (χ1) is 9.78. The molecule has 1 fully saturated rings. The third-order valence-corrected chi connectivity index (χ3v) is 4.10. The molecule has 3 rings (SSSR count). The Morgan fingerprint density at radius 1 is 1.45 bits per heavy atom. The molecule has 1 aliphatic carbocycles. The van der Waals surface area contributed by atoms with E-state index in [1.807, 2.05) is 18.3 Å². The molecule has 106 valence electrons. The molecule has 0 radical (unpaired) electrons. The second-order valence-electron chi connectivity index (χ2n) is 5.17. The summed E-state index contributed by atoms with van der Waals surface area (Å²) in [5, 5.41) is 0. The van der Waals surface area contributed by atoms with Crippen LogP contribution in [0.3, 0.4) is 0 Å². The SMILES string of the molecule is NCC(c1cncc(Br)c1)N(Cc1ccco1)C1CC1. The summed E-state index contributed by atoms with van der Waals surface area (Å²) in [5.74, 6) is 0.985. The molecular formula is C15H18BrN3O. The first-order valence-corrected chi connectivity index (χ1v) is 7.66. The van der Waals surface area contributed by atoms with Gasteiger partial charge in [0, 0.05) is 35.5 Å². The maximum atomic E-state index is 6.03. The molecule has 0 saturated heterocycles. The highest BCUT2D eigenvalue weighted by Crippen LogP contribution is 2.35. The van der Waals surface area contributed by atoms with Crippen LogP contribution in [0, 0.1) is 0 Å². The molecule has 0 amide bonds. The summed E-state index contributed by atoms with van der Waals surface area (Å²) < 4.78 is 6.48. The molecule has 1 aliphatic rings. The van der Waals surface area contributed by atoms with Crippen molar-refractivity contribution in [3.63, 3.8) is 0 Å². The van der Waals surface area contributed by atoms with Crippen molar-refractivity contribution in [2.75, 3.05) is 6.54 Å². The lowest BCUT2D eigenvalue weighted by Gasteiger charge is -2.30. The minimum absolute atomic E-state index is 0.178. The zero-order valence-corrected chi connectivity index (χ0v) is 12.8. The van der Waals surface area contributed by atoms with E-state index in [0.29, 0.717) is 12.6 Å². The molecule has 20 heavy (non-hydrogen) atoms. The summed E-state index contributed by atoms with van der Waals surface area (Å²) >= 11 is 3.48. The van der Waals surface area contributed by atoms with Crippen LogP contribution in [0.15, 0.2) is 45.7 Å². The number of nitrogens with zero attached hydrogens (tertiary/aromatic N) is 2. The van der Waals surface area contributed by atoms with Gasteiger partial charge < -0.3 is 10.2 Å². The van der Waals surface area contributed by atoms with Gasteiger partial charge in [-0.05, 0) is 52.5 Å². The monoisotopic (exact) mass is 335 g/mol. The first-order valence-electron chi connectivity index (χ1n) is 6.86. The van der Waals surface area contributed by atoms with Gasteiger partial charge in [-0.1, -0.05) is 0 Å². The minimum atomic E-state index is 0.178. The van der Waals surface area contributed by atoms with E-state index >= 15 is 0 Å². The van der Waals surface area contributed by atoms with Gasteiger partial charge in [-0.2, -0.15) is 0 Å². The van der Waals surface area contributed by atoms with E-state index in [9.17, 15) is 0 Å². The van der Waals surface area contributed by atoms with Gasteiger partial charge in [0.25, 0.3) is 0 Å². The van der Waals surface area contributed by atoms with Crippen molar-refractivity contribution in [2.45, 2.75) is 31.5 Å². The van der Waals surface area contributed by atoms with Gasteiger partial charge in [-0.25, -0.2) is 0 Å². The Balaban J connectivity index is 1.84. The quantitative estimate of drug-likeness (QED) is 0.881. The normalized spacial score (nSPS) is 16.6. The largest absolute Gasteiger partial charge is 0.468 e. The predicted octanol–water partition coefficient (Wildman–Crippen LogP) is 3.10. The van der Waals surface area contributed by atoms with Crippen molar-refractivity contribution in [3.8, 4) is 0 Å². The molecule has 0 aliphatic heterocycles. The third kappa shape index (κ3) is 3.11. The maximum Gasteiger partial charge on any atom is 0.117 e. The summed E-state index contributed by atoms with van der Waals surface area (Å²) in [6.45, 7) is 1.38. The van der Waals surface area contributed by atoms with E-state index in [1.54, 1.807) is 12.5 Å². The lowest BCUT2D eigenvalue weighted by atomic mass is 10.1. The number of hydrogen-bond donors (Lipinski definition) is 1. The van der Waals surface area contributed by atoms with Gasteiger partial charge in [-0.15, -0.1) is 0 Å². The fraction of sp³-hybridized carbons (Fsp3) is 0.400. The van der Waals surface area contributed by atoms with Crippen molar-refractivity contribution < 1.29 is 4.42 Å². The number of halogens is 1. The summed E-state index contributed by atoms with van der Waals surface area (Å²) in [6.07, 6.45) is 7.89. The van der Waals surface area contributed by atoms with E-state index in [1.165, 1.54) is 12.8 Å². The van der Waals surface area contributed by atoms with E-state index < -0.39 is 0 Å². The fourth-order valence-corrected chi connectivity index (χ4v) is 2.94. The summed E-state index contributed by atoms with van der Waals surface area (Å²) in [6, 6.07) is 6.83. The lowest BCUT2D eigenvalue weighted by molar-refractivity contribution is 0.167. The number of furan rings is 1. The van der Waals surface area contributed by atoms with Crippen molar-refractivity contribution in [1.82, 2.24) is 9.88 Å². The van der Waals surface area contributed by atoms with Crippen LogP contribution in [0.2, 0.25) is 0 Å². The van der Waals surface area contributed by atoms with Crippen LogP contribution in [0.4, 0.5) is 0 Å². The van der Waals surface area contributed by atoms with Crippen LogP contribution >= 0.6 is 15.9 Å². The lowest BCUT2D eigenvalue weighted by Crippen LogP contribution is -2.35. The molecule has 0 aromatic carbocycles. The van der Waals surface area contributed by atoms with Crippen molar-refractivity contribution >= 4 is 15.9 Å². The van der Waals surface area contributed by atoms with E-state index in [0.717, 1.165) is 22.3 Å². The molecule has 0 bridgehead atoms. The Kier molecular flexibility index (Phi) is 4.19. The topological polar surface area (TPSA) is 55.3 Å². The van der Waals surface area contributed by atoms with Crippen molar-refractivity contribution in [1.29, 1.82) is 0 Å². The van der Waals surface area contributed by atoms with Gasteiger partial charge in [-0.3, -0.25) is 9.88 Å². The van der Waals surface area contributed by atoms with Crippen LogP contribution < -0.4 is 5.73 Å². The zero-order chi connectivity index (χ0) is 13.9. The highest BCUT2D eigenvalue weighted by Gasteiger charge is 2.34. The fourth-order valence-electron chi connectivity index (χ4n) is 2.56. The molecule has 1 unspecified atom stereocenters. The molecule has 4 nitrogen and oxygen atoms in total. The van der Waals surface area contributed by atoms with Gasteiger partial charge in [0.1, 0.15) is 5.76 Å². The van der Waals surface area contributed by atoms with Crippen molar-refractivity contribution in [2.24, 2.45) is 5.73 Å². The minimum Gasteiger partial charge on any atom is -0.468 e. The Morgan fingerprint density at radius 3 is 2.90 bits per heavy atom. The Hall–Kier alpha value is -1.17. The average molecular weight is 336 g/mol. The Morgan fingerprint density at radius 2 is 2.30 bits per heavy atom. The number of aromatic nitrogens is 1. The van der Waals surface area contributed by atoms with Gasteiger partial charge >= 0.3 is 0 Å². The van der Waals surface area contributed by atoms with E-state index in [4.69, 9.17) is 10.2 Å². The number of pyridine rings is 1. The van der Waals surface area contributed by atoms with Crippen LogP contribution in [0.25, 0.3) is 0 Å². The molecule has 5 heteroatoms. The molecule has 2 heterocycles. The molecule has 0 spiro atoms. The maximum absolute atomic E-state index is 6.03. The summed E-state index contributed by atoms with van der Waals surface area (Å²) in [7, 11) is 0. The average Bonchev–Trinajstić information content (AvgIpc) is 3.16. The van der Waals surface area contributed by atoms with Gasteiger partial charge in [0.15, 0.2) is 0 Å². The first kappa shape index (κ1) is 13.8. The second kappa shape index (κ2) is 6.08. The van der Waals surface area contributed by atoms with Crippen molar-refractivity contribution in [3.05, 3.63) is 52.7 Å². The highest BCUT2D eigenvalue weighted by atomic mass is 79.9. The molecule has 2 aromatic heterocycles.